The van der Waals surface area contributed by atoms with E-state index in [9.17, 15) is 5.11 Å². The van der Waals surface area contributed by atoms with Crippen molar-refractivity contribution in [3.63, 3.8) is 0 Å². The van der Waals surface area contributed by atoms with Crippen LogP contribution < -0.4 is 0 Å². The van der Waals surface area contributed by atoms with Crippen LogP contribution in [-0.4, -0.2) is 14.7 Å². The van der Waals surface area contributed by atoms with Crippen LogP contribution in [0, 0.1) is 0 Å². The lowest BCUT2D eigenvalue weighted by Crippen LogP contribution is -2.05. The van der Waals surface area contributed by atoms with E-state index in [1.165, 1.54) is 16.7 Å². The van der Waals surface area contributed by atoms with Crippen LogP contribution in [0.1, 0.15) is 31.2 Å². The first-order valence-electron chi connectivity index (χ1n) is 9.57. The maximum Gasteiger partial charge on any atom is 0.143 e. The van der Waals surface area contributed by atoms with Crippen molar-refractivity contribution in [2.45, 2.75) is 32.7 Å². The molecule has 0 saturated carbocycles. The summed E-state index contributed by atoms with van der Waals surface area (Å²) in [4.78, 5) is 4.74. The predicted molar refractivity (Wildman–Crippen MR) is 111 cm³/mol. The zero-order valence-corrected chi connectivity index (χ0v) is 15.6. The van der Waals surface area contributed by atoms with Crippen LogP contribution in [0.3, 0.4) is 0 Å². The van der Waals surface area contributed by atoms with Gasteiger partial charge in [0.1, 0.15) is 17.1 Å². The molecule has 4 aromatic rings. The molecule has 0 fully saturated rings. The summed E-state index contributed by atoms with van der Waals surface area (Å²) in [6.45, 7) is 2.94. The van der Waals surface area contributed by atoms with E-state index in [-0.39, 0.29) is 5.75 Å². The summed E-state index contributed by atoms with van der Waals surface area (Å²) in [5.74, 6) is 1.29. The normalized spacial score (nSPS) is 11.1. The van der Waals surface area contributed by atoms with E-state index < -0.39 is 0 Å². The van der Waals surface area contributed by atoms with E-state index in [1.54, 1.807) is 6.07 Å². The van der Waals surface area contributed by atoms with Crippen LogP contribution in [0.15, 0.2) is 72.8 Å². The topological polar surface area (TPSA) is 38.1 Å². The molecule has 0 bridgehead atoms. The number of aryl methyl sites for hydroxylation is 1. The Morgan fingerprint density at radius 2 is 1.67 bits per heavy atom. The highest BCUT2D eigenvalue weighted by Crippen LogP contribution is 2.27. The SMILES string of the molecule is CCCCc1nc2c(O)cccc2n1Cc1cccc(-c2ccccc2)c1. The van der Waals surface area contributed by atoms with Gasteiger partial charge < -0.3 is 9.67 Å². The van der Waals surface area contributed by atoms with E-state index in [1.807, 2.05) is 18.2 Å². The summed E-state index contributed by atoms with van der Waals surface area (Å²) >= 11 is 0. The second-order valence-corrected chi connectivity index (χ2v) is 6.93. The molecule has 0 amide bonds. The van der Waals surface area contributed by atoms with E-state index >= 15 is 0 Å². The van der Waals surface area contributed by atoms with Crippen molar-refractivity contribution in [1.29, 1.82) is 0 Å². The number of nitrogens with zero attached hydrogens (tertiary/aromatic N) is 2. The minimum atomic E-state index is 0.252. The van der Waals surface area contributed by atoms with Crippen molar-refractivity contribution in [3.05, 3.63) is 84.2 Å². The largest absolute Gasteiger partial charge is 0.506 e. The Morgan fingerprint density at radius 3 is 2.48 bits per heavy atom. The molecule has 3 aromatic carbocycles. The third-order valence-electron chi connectivity index (χ3n) is 4.97. The van der Waals surface area contributed by atoms with Crippen LogP contribution in [0.5, 0.6) is 5.75 Å². The van der Waals surface area contributed by atoms with Gasteiger partial charge in [-0.15, -0.1) is 0 Å². The van der Waals surface area contributed by atoms with Gasteiger partial charge in [0.15, 0.2) is 0 Å². The summed E-state index contributed by atoms with van der Waals surface area (Å²) in [5.41, 5.74) is 5.36. The number of hydrogen-bond acceptors (Lipinski definition) is 2. The first-order valence-corrected chi connectivity index (χ1v) is 9.57. The number of phenols is 1. The van der Waals surface area contributed by atoms with Gasteiger partial charge in [0.2, 0.25) is 0 Å². The third kappa shape index (κ3) is 3.59. The van der Waals surface area contributed by atoms with Crippen molar-refractivity contribution in [1.82, 2.24) is 9.55 Å². The number of fused-ring (bicyclic) bond motifs is 1. The Kier molecular flexibility index (Phi) is 4.93. The number of phenolic OH excluding ortho intramolecular Hbond substituents is 1. The van der Waals surface area contributed by atoms with Gasteiger partial charge in [0.05, 0.1) is 5.52 Å². The van der Waals surface area contributed by atoms with Crippen LogP contribution in [-0.2, 0) is 13.0 Å². The van der Waals surface area contributed by atoms with E-state index in [0.29, 0.717) is 5.52 Å². The summed E-state index contributed by atoms with van der Waals surface area (Å²) in [6, 6.07) is 24.7. The molecule has 0 unspecified atom stereocenters. The van der Waals surface area contributed by atoms with E-state index in [2.05, 4.69) is 60.0 Å². The van der Waals surface area contributed by atoms with Gasteiger partial charge in [-0.1, -0.05) is 67.9 Å². The number of hydrogen-bond donors (Lipinski definition) is 1. The number of rotatable bonds is 6. The summed E-state index contributed by atoms with van der Waals surface area (Å²) in [5, 5.41) is 10.2. The van der Waals surface area contributed by atoms with Gasteiger partial charge in [-0.3, -0.25) is 0 Å². The Hall–Kier alpha value is -3.07. The fraction of sp³-hybridized carbons (Fsp3) is 0.208. The lowest BCUT2D eigenvalue weighted by molar-refractivity contribution is 0.480. The first kappa shape index (κ1) is 17.3. The Morgan fingerprint density at radius 1 is 0.889 bits per heavy atom. The number of benzene rings is 3. The molecular weight excluding hydrogens is 332 g/mol. The van der Waals surface area contributed by atoms with Crippen molar-refractivity contribution >= 4 is 11.0 Å². The fourth-order valence-electron chi connectivity index (χ4n) is 3.54. The molecular formula is C24H24N2O. The molecule has 27 heavy (non-hydrogen) atoms. The molecule has 0 radical (unpaired) electrons. The van der Waals surface area contributed by atoms with Gasteiger partial charge in [0.25, 0.3) is 0 Å². The quantitative estimate of drug-likeness (QED) is 0.474. The lowest BCUT2D eigenvalue weighted by atomic mass is 10.0. The predicted octanol–water partition coefficient (Wildman–Crippen LogP) is 5.80. The second kappa shape index (κ2) is 7.67. The van der Waals surface area contributed by atoms with Gasteiger partial charge in [0, 0.05) is 13.0 Å². The van der Waals surface area contributed by atoms with Crippen LogP contribution in [0.2, 0.25) is 0 Å². The fourth-order valence-corrected chi connectivity index (χ4v) is 3.54. The molecule has 0 aliphatic carbocycles. The minimum absolute atomic E-state index is 0.252. The number of unbranched alkanes of at least 4 members (excludes halogenated alkanes) is 1. The van der Waals surface area contributed by atoms with Crippen molar-refractivity contribution < 1.29 is 5.11 Å². The molecule has 0 spiro atoms. The lowest BCUT2D eigenvalue weighted by Gasteiger charge is -2.11. The van der Waals surface area contributed by atoms with Crippen molar-refractivity contribution in [2.75, 3.05) is 0 Å². The Balaban J connectivity index is 1.74. The number of aromatic hydroxyl groups is 1. The van der Waals surface area contributed by atoms with Crippen molar-refractivity contribution in [2.24, 2.45) is 0 Å². The molecule has 0 saturated heterocycles. The molecule has 3 nitrogen and oxygen atoms in total. The zero-order valence-electron chi connectivity index (χ0n) is 15.6. The number of imidazole rings is 1. The maximum absolute atomic E-state index is 10.2. The Labute approximate surface area is 159 Å². The van der Waals surface area contributed by atoms with Crippen LogP contribution >= 0.6 is 0 Å². The molecule has 0 aliphatic heterocycles. The highest BCUT2D eigenvalue weighted by molar-refractivity contribution is 5.82. The summed E-state index contributed by atoms with van der Waals surface area (Å²) in [7, 11) is 0. The standard InChI is InChI=1S/C24H24N2O/c1-2-3-15-23-25-24-21(13-8-14-22(24)27)26(23)17-18-9-7-12-20(16-18)19-10-5-4-6-11-19/h4-14,16,27H,2-3,15,17H2,1H3. The van der Waals surface area contributed by atoms with Crippen LogP contribution in [0.4, 0.5) is 0 Å². The first-order chi connectivity index (χ1) is 13.3. The molecule has 0 aliphatic rings. The molecule has 4 rings (SSSR count). The van der Waals surface area contributed by atoms with Gasteiger partial charge in [-0.2, -0.15) is 0 Å². The van der Waals surface area contributed by atoms with E-state index in [4.69, 9.17) is 4.98 Å². The summed E-state index contributed by atoms with van der Waals surface area (Å²) in [6.07, 6.45) is 3.13. The third-order valence-corrected chi connectivity index (χ3v) is 4.97. The second-order valence-electron chi connectivity index (χ2n) is 6.93. The van der Waals surface area contributed by atoms with Gasteiger partial charge in [-0.25, -0.2) is 4.98 Å². The highest BCUT2D eigenvalue weighted by Gasteiger charge is 2.13. The Bertz CT molecular complexity index is 1050. The van der Waals surface area contributed by atoms with Gasteiger partial charge >= 0.3 is 0 Å². The molecule has 136 valence electrons. The number of para-hydroxylation sites is 1. The zero-order chi connectivity index (χ0) is 18.6. The van der Waals surface area contributed by atoms with Crippen LogP contribution in [0.25, 0.3) is 22.2 Å². The molecule has 1 heterocycles. The molecule has 3 heteroatoms. The molecule has 1 N–H and O–H groups in total. The minimum Gasteiger partial charge on any atom is -0.506 e. The average molecular weight is 356 g/mol. The van der Waals surface area contributed by atoms with Gasteiger partial charge in [-0.05, 0) is 41.3 Å². The molecule has 1 aromatic heterocycles. The van der Waals surface area contributed by atoms with E-state index in [0.717, 1.165) is 37.1 Å². The number of aromatic nitrogens is 2. The average Bonchev–Trinajstić information content (AvgIpc) is 3.06. The maximum atomic E-state index is 10.2. The highest BCUT2D eigenvalue weighted by atomic mass is 16.3. The van der Waals surface area contributed by atoms with Crippen molar-refractivity contribution in [3.8, 4) is 16.9 Å². The summed E-state index contributed by atoms with van der Waals surface area (Å²) < 4.78 is 2.24. The molecule has 0 atom stereocenters. The smallest absolute Gasteiger partial charge is 0.143 e. The monoisotopic (exact) mass is 356 g/mol.